The Hall–Kier alpha value is -4.07. The van der Waals surface area contributed by atoms with E-state index in [0.29, 0.717) is 16.7 Å². The second kappa shape index (κ2) is 7.16. The summed E-state index contributed by atoms with van der Waals surface area (Å²) in [5.41, 5.74) is 4.78. The number of amides is 1. The van der Waals surface area contributed by atoms with Gasteiger partial charge in [0, 0.05) is 23.4 Å². The largest absolute Gasteiger partial charge is 0.322 e. The zero-order valence-corrected chi connectivity index (χ0v) is 15.8. The third-order valence-electron chi connectivity index (χ3n) is 4.56. The van der Waals surface area contributed by atoms with E-state index < -0.39 is 10.8 Å². The Bertz CT molecular complexity index is 1250. The van der Waals surface area contributed by atoms with Crippen LogP contribution in [-0.4, -0.2) is 25.8 Å². The van der Waals surface area contributed by atoms with Gasteiger partial charge in [-0.15, -0.1) is 10.2 Å². The highest BCUT2D eigenvalue weighted by Gasteiger charge is 2.14. The number of anilines is 1. The first-order valence-electron chi connectivity index (χ1n) is 8.91. The van der Waals surface area contributed by atoms with E-state index in [1.807, 2.05) is 44.2 Å². The zero-order valence-electron chi connectivity index (χ0n) is 15.8. The number of hydrogen-bond donors (Lipinski definition) is 1. The standard InChI is InChI=1S/C21H17N5O3/c1-13-6-8-16(9-7-13)25-23-19-10-14(2)18(12-20(19)24-25)22-21(27)15-4-3-5-17(11-15)26(28)29/h3-12H,1-2H3,(H,22,27). The predicted octanol–water partition coefficient (Wildman–Crippen LogP) is 4.20. The van der Waals surface area contributed by atoms with Crippen LogP contribution in [-0.2, 0) is 0 Å². The van der Waals surface area contributed by atoms with Crippen LogP contribution in [0, 0.1) is 24.0 Å². The van der Waals surface area contributed by atoms with Crippen LogP contribution in [0.15, 0.2) is 60.7 Å². The number of carbonyl (C=O) groups excluding carboxylic acids is 1. The van der Waals surface area contributed by atoms with E-state index >= 15 is 0 Å². The van der Waals surface area contributed by atoms with Gasteiger partial charge in [0.25, 0.3) is 11.6 Å². The normalized spacial score (nSPS) is 10.8. The minimum absolute atomic E-state index is 0.133. The number of nitrogens with zero attached hydrogens (tertiary/aromatic N) is 4. The van der Waals surface area contributed by atoms with Crippen LogP contribution in [0.3, 0.4) is 0 Å². The number of nitro benzene ring substituents is 1. The summed E-state index contributed by atoms with van der Waals surface area (Å²) in [5, 5.41) is 22.7. The van der Waals surface area contributed by atoms with Gasteiger partial charge in [0.2, 0.25) is 0 Å². The van der Waals surface area contributed by atoms with Gasteiger partial charge in [0.1, 0.15) is 11.0 Å². The van der Waals surface area contributed by atoms with Crippen molar-refractivity contribution >= 4 is 28.3 Å². The van der Waals surface area contributed by atoms with Crippen LogP contribution in [0.1, 0.15) is 21.5 Å². The average Bonchev–Trinajstić information content (AvgIpc) is 3.11. The van der Waals surface area contributed by atoms with E-state index in [9.17, 15) is 14.9 Å². The fourth-order valence-corrected chi connectivity index (χ4v) is 2.95. The Labute approximate surface area is 165 Å². The van der Waals surface area contributed by atoms with E-state index in [0.717, 1.165) is 16.8 Å². The Morgan fingerprint density at radius 2 is 1.69 bits per heavy atom. The number of fused-ring (bicyclic) bond motifs is 1. The van der Waals surface area contributed by atoms with Gasteiger partial charge in [-0.3, -0.25) is 14.9 Å². The molecule has 0 aliphatic heterocycles. The second-order valence-corrected chi connectivity index (χ2v) is 6.74. The molecule has 0 aliphatic carbocycles. The molecule has 4 rings (SSSR count). The molecule has 0 spiro atoms. The molecule has 1 N–H and O–H groups in total. The number of nitro groups is 1. The molecule has 144 valence electrons. The molecule has 0 aliphatic rings. The van der Waals surface area contributed by atoms with Gasteiger partial charge < -0.3 is 5.32 Å². The predicted molar refractivity (Wildman–Crippen MR) is 109 cm³/mol. The van der Waals surface area contributed by atoms with E-state index in [4.69, 9.17) is 0 Å². The van der Waals surface area contributed by atoms with Crippen LogP contribution in [0.2, 0.25) is 0 Å². The minimum atomic E-state index is -0.530. The number of rotatable bonds is 4. The molecule has 1 amide bonds. The Kier molecular flexibility index (Phi) is 4.52. The maximum absolute atomic E-state index is 12.6. The lowest BCUT2D eigenvalue weighted by Crippen LogP contribution is -2.13. The van der Waals surface area contributed by atoms with Crippen LogP contribution in [0.25, 0.3) is 16.7 Å². The first kappa shape index (κ1) is 18.3. The molecule has 8 heteroatoms. The molecular formula is C21H17N5O3. The lowest BCUT2D eigenvalue weighted by Gasteiger charge is -2.08. The third kappa shape index (κ3) is 3.68. The van der Waals surface area contributed by atoms with E-state index in [2.05, 4.69) is 15.5 Å². The van der Waals surface area contributed by atoms with Crippen molar-refractivity contribution in [3.63, 3.8) is 0 Å². The number of benzene rings is 3. The van der Waals surface area contributed by atoms with Gasteiger partial charge in [0.05, 0.1) is 10.6 Å². The molecular weight excluding hydrogens is 370 g/mol. The number of aryl methyl sites for hydroxylation is 2. The maximum atomic E-state index is 12.6. The highest BCUT2D eigenvalue weighted by atomic mass is 16.6. The maximum Gasteiger partial charge on any atom is 0.270 e. The summed E-state index contributed by atoms with van der Waals surface area (Å²) >= 11 is 0. The lowest BCUT2D eigenvalue weighted by molar-refractivity contribution is -0.384. The molecule has 1 aromatic heterocycles. The molecule has 0 saturated heterocycles. The van der Waals surface area contributed by atoms with Crippen molar-refractivity contribution < 1.29 is 9.72 Å². The number of non-ortho nitro benzene ring substituents is 1. The van der Waals surface area contributed by atoms with Crippen LogP contribution < -0.4 is 5.32 Å². The van der Waals surface area contributed by atoms with Crippen molar-refractivity contribution in [1.82, 2.24) is 15.0 Å². The van der Waals surface area contributed by atoms with Crippen molar-refractivity contribution in [2.24, 2.45) is 0 Å². The topological polar surface area (TPSA) is 103 Å². The van der Waals surface area contributed by atoms with Gasteiger partial charge in [-0.2, -0.15) is 4.80 Å². The van der Waals surface area contributed by atoms with Gasteiger partial charge in [-0.1, -0.05) is 23.8 Å². The molecule has 0 saturated carbocycles. The molecule has 0 atom stereocenters. The summed E-state index contributed by atoms with van der Waals surface area (Å²) in [4.78, 5) is 24.5. The number of aromatic nitrogens is 3. The zero-order chi connectivity index (χ0) is 20.5. The van der Waals surface area contributed by atoms with Gasteiger partial charge in [0.15, 0.2) is 0 Å². The van der Waals surface area contributed by atoms with Crippen molar-refractivity contribution in [3.8, 4) is 5.69 Å². The first-order valence-corrected chi connectivity index (χ1v) is 8.91. The molecule has 0 bridgehead atoms. The third-order valence-corrected chi connectivity index (χ3v) is 4.56. The Morgan fingerprint density at radius 3 is 2.38 bits per heavy atom. The van der Waals surface area contributed by atoms with Crippen molar-refractivity contribution in [3.05, 3.63) is 87.5 Å². The van der Waals surface area contributed by atoms with E-state index in [1.54, 1.807) is 10.9 Å². The molecule has 0 unspecified atom stereocenters. The summed E-state index contributed by atoms with van der Waals surface area (Å²) in [7, 11) is 0. The SMILES string of the molecule is Cc1ccc(-n2nc3cc(C)c(NC(=O)c4cccc([N+](=O)[O-])c4)cc3n2)cc1. The van der Waals surface area contributed by atoms with E-state index in [-0.39, 0.29) is 11.3 Å². The summed E-state index contributed by atoms with van der Waals surface area (Å²) in [6.07, 6.45) is 0. The monoisotopic (exact) mass is 387 g/mol. The molecule has 0 fully saturated rings. The fourth-order valence-electron chi connectivity index (χ4n) is 2.95. The summed E-state index contributed by atoms with van der Waals surface area (Å²) in [5.74, 6) is -0.429. The van der Waals surface area contributed by atoms with Gasteiger partial charge >= 0.3 is 0 Å². The highest BCUT2D eigenvalue weighted by molar-refractivity contribution is 6.05. The number of nitrogens with one attached hydrogen (secondary N) is 1. The van der Waals surface area contributed by atoms with Gasteiger partial charge in [-0.25, -0.2) is 0 Å². The van der Waals surface area contributed by atoms with Crippen LogP contribution >= 0.6 is 0 Å². The molecule has 0 radical (unpaired) electrons. The Balaban J connectivity index is 1.65. The Morgan fingerprint density at radius 1 is 1.00 bits per heavy atom. The molecule has 8 nitrogen and oxygen atoms in total. The molecule has 4 aromatic rings. The van der Waals surface area contributed by atoms with Crippen molar-refractivity contribution in [2.75, 3.05) is 5.32 Å². The molecule has 1 heterocycles. The average molecular weight is 387 g/mol. The second-order valence-electron chi connectivity index (χ2n) is 6.74. The highest BCUT2D eigenvalue weighted by Crippen LogP contribution is 2.23. The number of hydrogen-bond acceptors (Lipinski definition) is 5. The smallest absolute Gasteiger partial charge is 0.270 e. The van der Waals surface area contributed by atoms with Crippen molar-refractivity contribution in [2.45, 2.75) is 13.8 Å². The summed E-state index contributed by atoms with van der Waals surface area (Å²) in [6.45, 7) is 3.86. The first-order chi connectivity index (χ1) is 13.9. The summed E-state index contributed by atoms with van der Waals surface area (Å²) in [6, 6.07) is 17.0. The quantitative estimate of drug-likeness (QED) is 0.418. The molecule has 3 aromatic carbocycles. The minimum Gasteiger partial charge on any atom is -0.322 e. The lowest BCUT2D eigenvalue weighted by atomic mass is 10.1. The fraction of sp³-hybridized carbons (Fsp3) is 0.0952. The molecule has 29 heavy (non-hydrogen) atoms. The van der Waals surface area contributed by atoms with E-state index in [1.165, 1.54) is 24.3 Å². The number of carbonyl (C=O) groups is 1. The summed E-state index contributed by atoms with van der Waals surface area (Å²) < 4.78 is 0. The van der Waals surface area contributed by atoms with Crippen LogP contribution in [0.4, 0.5) is 11.4 Å². The van der Waals surface area contributed by atoms with Crippen molar-refractivity contribution in [1.29, 1.82) is 0 Å². The van der Waals surface area contributed by atoms with Crippen LogP contribution in [0.5, 0.6) is 0 Å². The van der Waals surface area contributed by atoms with Gasteiger partial charge in [-0.05, 0) is 49.7 Å².